The second-order valence-electron chi connectivity index (χ2n) is 8.11. The number of aromatic nitrogens is 2. The molecule has 0 fully saturated rings. The summed E-state index contributed by atoms with van der Waals surface area (Å²) in [5, 5.41) is 11.1. The van der Waals surface area contributed by atoms with Gasteiger partial charge >= 0.3 is 0 Å². The molecule has 12 heteroatoms. The Hall–Kier alpha value is -3.41. The number of pyridine rings is 2. The fourth-order valence-electron chi connectivity index (χ4n) is 3.20. The molecule has 1 aromatic carbocycles. The van der Waals surface area contributed by atoms with Gasteiger partial charge in [-0.25, -0.2) is 31.6 Å². The van der Waals surface area contributed by atoms with Crippen LogP contribution in [0.2, 0.25) is 0 Å². The van der Waals surface area contributed by atoms with Crippen molar-refractivity contribution in [1.29, 1.82) is 5.41 Å². The molecule has 34 heavy (non-hydrogen) atoms. The lowest BCUT2D eigenvalue weighted by atomic mass is 10.00. The monoisotopic (exact) mass is 495 g/mol. The van der Waals surface area contributed by atoms with Crippen LogP contribution in [0.25, 0.3) is 10.9 Å². The van der Waals surface area contributed by atoms with E-state index in [1.807, 2.05) is 0 Å². The minimum absolute atomic E-state index is 0.211. The molecule has 2 aromatic heterocycles. The predicted octanol–water partition coefficient (Wildman–Crippen LogP) is 4.00. The van der Waals surface area contributed by atoms with Gasteiger partial charge in [0, 0.05) is 17.3 Å². The van der Waals surface area contributed by atoms with E-state index in [1.165, 1.54) is 25.6 Å². The van der Waals surface area contributed by atoms with E-state index in [-0.39, 0.29) is 11.5 Å². The van der Waals surface area contributed by atoms with E-state index in [4.69, 9.17) is 15.9 Å². The number of amidine groups is 1. The number of nitrogens with one attached hydrogen (secondary N) is 2. The van der Waals surface area contributed by atoms with Crippen molar-refractivity contribution >= 4 is 38.1 Å². The largest absolute Gasteiger partial charge is 0.495 e. The highest BCUT2D eigenvalue weighted by Gasteiger charge is 2.42. The summed E-state index contributed by atoms with van der Waals surface area (Å²) in [5.41, 5.74) is 5.55. The Labute approximate surface area is 194 Å². The maximum absolute atomic E-state index is 14.6. The van der Waals surface area contributed by atoms with Crippen LogP contribution in [0.1, 0.15) is 25.3 Å². The number of sulfone groups is 1. The van der Waals surface area contributed by atoms with Crippen LogP contribution in [0.4, 0.5) is 24.7 Å². The number of hydrogen-bond donors (Lipinski definition) is 3. The van der Waals surface area contributed by atoms with E-state index in [9.17, 15) is 21.6 Å². The molecule has 0 saturated carbocycles. The first-order valence-corrected chi connectivity index (χ1v) is 11.7. The lowest BCUT2D eigenvalue weighted by Gasteiger charge is -2.26. The molecule has 0 amide bonds. The van der Waals surface area contributed by atoms with E-state index in [1.54, 1.807) is 12.1 Å². The van der Waals surface area contributed by atoms with E-state index >= 15 is 0 Å². The van der Waals surface area contributed by atoms with Gasteiger partial charge in [0.25, 0.3) is 0 Å². The minimum Gasteiger partial charge on any atom is -0.495 e. The van der Waals surface area contributed by atoms with Crippen LogP contribution in [0.3, 0.4) is 0 Å². The summed E-state index contributed by atoms with van der Waals surface area (Å²) in [7, 11) is -2.83. The van der Waals surface area contributed by atoms with Crippen molar-refractivity contribution in [3.8, 4) is 5.75 Å². The number of ether oxygens (including phenoxy) is 1. The van der Waals surface area contributed by atoms with Gasteiger partial charge in [0.2, 0.25) is 6.43 Å². The standard InChI is InChI=1S/C22H24F3N5O3S/c1-22(2,21(26)27)34(31,32)11-16(19(24)25)15-9-13(4-5-17(15)23)30-20-18-12(6-7-28-20)8-14(33-3)10-29-18/h4-10,16,19H,11H2,1-3H3,(H3,26,27)(H,28,30). The first-order chi connectivity index (χ1) is 15.9. The van der Waals surface area contributed by atoms with Crippen LogP contribution in [-0.2, 0) is 9.84 Å². The quantitative estimate of drug-likeness (QED) is 0.302. The first-order valence-electron chi connectivity index (χ1n) is 10.1. The summed E-state index contributed by atoms with van der Waals surface area (Å²) in [4.78, 5) is 8.50. The molecular formula is C22H24F3N5O3S. The van der Waals surface area contributed by atoms with Crippen molar-refractivity contribution in [2.45, 2.75) is 30.9 Å². The maximum atomic E-state index is 14.6. The Morgan fingerprint density at radius 2 is 1.94 bits per heavy atom. The second kappa shape index (κ2) is 9.45. The molecule has 4 N–H and O–H groups in total. The minimum atomic E-state index is -4.33. The summed E-state index contributed by atoms with van der Waals surface area (Å²) >= 11 is 0. The van der Waals surface area contributed by atoms with Crippen molar-refractivity contribution in [1.82, 2.24) is 9.97 Å². The van der Waals surface area contributed by atoms with Crippen molar-refractivity contribution in [2.24, 2.45) is 5.73 Å². The highest BCUT2D eigenvalue weighted by Crippen LogP contribution is 2.33. The molecule has 182 valence electrons. The summed E-state index contributed by atoms with van der Waals surface area (Å²) in [5.74, 6) is -3.93. The van der Waals surface area contributed by atoms with Gasteiger partial charge in [0.05, 0.1) is 25.0 Å². The Bertz CT molecular complexity index is 1330. The van der Waals surface area contributed by atoms with Crippen LogP contribution in [-0.4, -0.2) is 48.3 Å². The number of nitrogens with two attached hydrogens (primary N) is 1. The molecule has 3 rings (SSSR count). The molecule has 0 bridgehead atoms. The lowest BCUT2D eigenvalue weighted by Crippen LogP contribution is -2.47. The number of halogens is 3. The van der Waals surface area contributed by atoms with Gasteiger partial charge in [-0.1, -0.05) is 0 Å². The molecule has 0 spiro atoms. The maximum Gasteiger partial charge on any atom is 0.246 e. The SMILES string of the molecule is COc1cnc2c(Nc3ccc(F)c(C(CS(=O)(=O)C(C)(C)C(=N)N)C(F)F)c3)nccc2c1. The van der Waals surface area contributed by atoms with Crippen molar-refractivity contribution < 1.29 is 26.3 Å². The lowest BCUT2D eigenvalue weighted by molar-refractivity contribution is 0.120. The highest BCUT2D eigenvalue weighted by molar-refractivity contribution is 7.93. The normalized spacial score (nSPS) is 13.1. The third kappa shape index (κ3) is 4.91. The van der Waals surface area contributed by atoms with Gasteiger partial charge in [-0.2, -0.15) is 0 Å². The van der Waals surface area contributed by atoms with Gasteiger partial charge in [-0.15, -0.1) is 0 Å². The Balaban J connectivity index is 1.99. The average Bonchev–Trinajstić information content (AvgIpc) is 2.78. The molecule has 0 saturated heterocycles. The molecule has 1 unspecified atom stereocenters. The third-order valence-electron chi connectivity index (χ3n) is 5.60. The molecule has 0 aliphatic heterocycles. The first kappa shape index (κ1) is 25.2. The summed E-state index contributed by atoms with van der Waals surface area (Å²) in [6.07, 6.45) is -0.193. The molecule has 1 atom stereocenters. The Morgan fingerprint density at radius 1 is 1.24 bits per heavy atom. The van der Waals surface area contributed by atoms with Crippen molar-refractivity contribution in [3.63, 3.8) is 0 Å². The number of nitrogens with zero attached hydrogens (tertiary/aromatic N) is 2. The molecule has 2 heterocycles. The molecule has 3 aromatic rings. The zero-order valence-electron chi connectivity index (χ0n) is 18.6. The number of hydrogen-bond acceptors (Lipinski definition) is 7. The van der Waals surface area contributed by atoms with Gasteiger partial charge in [0.1, 0.15) is 27.7 Å². The molecule has 0 aliphatic carbocycles. The van der Waals surface area contributed by atoms with E-state index in [0.717, 1.165) is 26.0 Å². The second-order valence-corrected chi connectivity index (χ2v) is 10.7. The Morgan fingerprint density at radius 3 is 2.56 bits per heavy atom. The molecule has 0 aliphatic rings. The highest BCUT2D eigenvalue weighted by atomic mass is 32.2. The topological polar surface area (TPSA) is 131 Å². The molecule has 0 radical (unpaired) electrons. The van der Waals surface area contributed by atoms with Crippen molar-refractivity contribution in [2.75, 3.05) is 18.2 Å². The molecular weight excluding hydrogens is 471 g/mol. The van der Waals surface area contributed by atoms with E-state index in [0.29, 0.717) is 16.7 Å². The van der Waals surface area contributed by atoms with Gasteiger partial charge in [0.15, 0.2) is 15.7 Å². The van der Waals surface area contributed by atoms with Crippen LogP contribution in [0, 0.1) is 11.2 Å². The number of fused-ring (bicyclic) bond motifs is 1. The average molecular weight is 496 g/mol. The van der Waals surface area contributed by atoms with Gasteiger partial charge in [-0.05, 0) is 49.7 Å². The molecule has 8 nitrogen and oxygen atoms in total. The fraction of sp³-hybridized carbons (Fsp3) is 0.318. The van der Waals surface area contributed by atoms with Gasteiger partial charge < -0.3 is 15.8 Å². The number of rotatable bonds is 9. The summed E-state index contributed by atoms with van der Waals surface area (Å²) in [6.45, 7) is 2.30. The smallest absolute Gasteiger partial charge is 0.246 e. The summed E-state index contributed by atoms with van der Waals surface area (Å²) < 4.78 is 71.3. The van der Waals surface area contributed by atoms with Crippen LogP contribution >= 0.6 is 0 Å². The number of methoxy groups -OCH3 is 1. The van der Waals surface area contributed by atoms with Crippen LogP contribution in [0.5, 0.6) is 5.75 Å². The zero-order valence-corrected chi connectivity index (χ0v) is 19.5. The Kier molecular flexibility index (Phi) is 7.01. The van der Waals surface area contributed by atoms with Gasteiger partial charge in [-0.3, -0.25) is 5.41 Å². The van der Waals surface area contributed by atoms with E-state index in [2.05, 4.69) is 15.3 Å². The van der Waals surface area contributed by atoms with Crippen molar-refractivity contribution in [3.05, 3.63) is 54.1 Å². The van der Waals surface area contributed by atoms with Crippen LogP contribution in [0.15, 0.2) is 42.7 Å². The fourth-order valence-corrected chi connectivity index (χ4v) is 4.75. The summed E-state index contributed by atoms with van der Waals surface area (Å²) in [6, 6.07) is 6.85. The van der Waals surface area contributed by atoms with Crippen LogP contribution < -0.4 is 15.8 Å². The van der Waals surface area contributed by atoms with E-state index < -0.39 is 49.9 Å². The predicted molar refractivity (Wildman–Crippen MR) is 124 cm³/mol. The zero-order chi connectivity index (χ0) is 25.3. The number of benzene rings is 1. The number of anilines is 2. The third-order valence-corrected chi connectivity index (χ3v) is 8.17. The number of alkyl halides is 2.